The van der Waals surface area contributed by atoms with Gasteiger partial charge in [-0.25, -0.2) is 9.66 Å². The molecule has 1 aliphatic heterocycles. The Kier molecular flexibility index (Phi) is 2.05. The minimum absolute atomic E-state index is 0.0867. The number of aromatic nitrogens is 2. The first-order valence-electron chi connectivity index (χ1n) is 5.91. The first-order valence-corrected chi connectivity index (χ1v) is 5.91. The molecular weight excluding hydrogens is 216 g/mol. The summed E-state index contributed by atoms with van der Waals surface area (Å²) in [5, 5.41) is 2.84. The molecule has 0 unspecified atom stereocenters. The minimum atomic E-state index is -0.0918. The second kappa shape index (κ2) is 3.35. The van der Waals surface area contributed by atoms with E-state index in [2.05, 4.69) is 35.7 Å². The highest BCUT2D eigenvalue weighted by Crippen LogP contribution is 2.30. The van der Waals surface area contributed by atoms with Crippen molar-refractivity contribution in [1.29, 1.82) is 0 Å². The van der Waals surface area contributed by atoms with Crippen molar-refractivity contribution in [1.82, 2.24) is 9.66 Å². The third kappa shape index (κ3) is 2.05. The summed E-state index contributed by atoms with van der Waals surface area (Å²) in [6, 6.07) is 0. The number of carbonyl (C=O) groups excluding carboxylic acids is 1. The molecule has 90 valence electrons. The molecule has 17 heavy (non-hydrogen) atoms. The summed E-state index contributed by atoms with van der Waals surface area (Å²) in [6.07, 6.45) is 7.85. The largest absolute Gasteiger partial charge is 0.315 e. The zero-order valence-electron chi connectivity index (χ0n) is 10.0. The predicted molar refractivity (Wildman–Crippen MR) is 66.1 cm³/mol. The quantitative estimate of drug-likeness (QED) is 0.814. The molecule has 5 heteroatoms. The third-order valence-electron chi connectivity index (χ3n) is 2.99. The zero-order valence-corrected chi connectivity index (χ0v) is 10.0. The van der Waals surface area contributed by atoms with Gasteiger partial charge in [-0.1, -0.05) is 6.08 Å². The highest BCUT2D eigenvalue weighted by molar-refractivity contribution is 5.93. The first kappa shape index (κ1) is 10.4. The lowest BCUT2D eigenvalue weighted by atomic mass is 10.1. The van der Waals surface area contributed by atoms with Gasteiger partial charge in [-0.3, -0.25) is 4.79 Å². The number of hydrogen-bond donors (Lipinski definition) is 2. The molecule has 0 radical (unpaired) electrons. The summed E-state index contributed by atoms with van der Waals surface area (Å²) in [5.41, 5.74) is 3.20. The van der Waals surface area contributed by atoms with E-state index in [1.165, 1.54) is 0 Å². The number of imidazole rings is 1. The van der Waals surface area contributed by atoms with Crippen LogP contribution in [0.4, 0.5) is 5.82 Å². The lowest BCUT2D eigenvalue weighted by molar-refractivity contribution is -0.117. The van der Waals surface area contributed by atoms with E-state index in [4.69, 9.17) is 0 Å². The van der Waals surface area contributed by atoms with Crippen LogP contribution in [0.2, 0.25) is 0 Å². The van der Waals surface area contributed by atoms with Crippen LogP contribution >= 0.6 is 0 Å². The lowest BCUT2D eigenvalue weighted by Crippen LogP contribution is -2.37. The maximum absolute atomic E-state index is 11.6. The van der Waals surface area contributed by atoms with Crippen LogP contribution in [-0.2, 0) is 4.79 Å². The van der Waals surface area contributed by atoms with Crippen molar-refractivity contribution < 1.29 is 4.79 Å². The van der Waals surface area contributed by atoms with Crippen molar-refractivity contribution in [3.05, 3.63) is 18.1 Å². The van der Waals surface area contributed by atoms with Gasteiger partial charge in [-0.05, 0) is 32.8 Å². The van der Waals surface area contributed by atoms with Crippen molar-refractivity contribution >= 4 is 17.8 Å². The van der Waals surface area contributed by atoms with E-state index in [0.717, 1.165) is 18.7 Å². The van der Waals surface area contributed by atoms with Crippen LogP contribution < -0.4 is 10.7 Å². The van der Waals surface area contributed by atoms with Crippen LogP contribution in [0.3, 0.4) is 0 Å². The van der Waals surface area contributed by atoms with E-state index < -0.39 is 0 Å². The van der Waals surface area contributed by atoms with Gasteiger partial charge in [0.1, 0.15) is 0 Å². The Labute approximate surface area is 99.9 Å². The number of hydrogen-bond acceptors (Lipinski definition) is 3. The minimum Gasteiger partial charge on any atom is -0.315 e. The van der Waals surface area contributed by atoms with Crippen molar-refractivity contribution in [3.63, 3.8) is 0 Å². The third-order valence-corrected chi connectivity index (χ3v) is 2.99. The molecule has 1 aromatic heterocycles. The van der Waals surface area contributed by atoms with Gasteiger partial charge >= 0.3 is 0 Å². The zero-order chi connectivity index (χ0) is 12.0. The van der Waals surface area contributed by atoms with Gasteiger partial charge in [0.25, 0.3) is 0 Å². The van der Waals surface area contributed by atoms with Crippen molar-refractivity contribution in [2.75, 3.05) is 10.7 Å². The first-order chi connectivity index (χ1) is 8.03. The number of nitrogens with zero attached hydrogens (tertiary/aromatic N) is 2. The van der Waals surface area contributed by atoms with Gasteiger partial charge in [0.2, 0.25) is 5.91 Å². The highest BCUT2D eigenvalue weighted by atomic mass is 16.2. The average molecular weight is 232 g/mol. The summed E-state index contributed by atoms with van der Waals surface area (Å²) < 4.78 is 1.85. The van der Waals surface area contributed by atoms with Crippen molar-refractivity contribution in [3.8, 4) is 0 Å². The molecule has 0 saturated heterocycles. The van der Waals surface area contributed by atoms with Crippen LogP contribution in [-0.4, -0.2) is 21.1 Å². The van der Waals surface area contributed by atoms with Crippen LogP contribution in [0.25, 0.3) is 6.08 Å². The maximum atomic E-state index is 11.6. The summed E-state index contributed by atoms with van der Waals surface area (Å²) in [7, 11) is 0. The van der Waals surface area contributed by atoms with Gasteiger partial charge in [-0.2, -0.15) is 0 Å². The fourth-order valence-corrected chi connectivity index (χ4v) is 1.87. The maximum Gasteiger partial charge on any atom is 0.228 e. The summed E-state index contributed by atoms with van der Waals surface area (Å²) in [5.74, 6) is 1.72. The number of anilines is 1. The molecular formula is C12H16N4O. The predicted octanol–water partition coefficient (Wildman–Crippen LogP) is 1.58. The fraction of sp³-hybridized carbons (Fsp3) is 0.500. The number of rotatable bonds is 2. The van der Waals surface area contributed by atoms with E-state index in [1.54, 1.807) is 0 Å². The second-order valence-electron chi connectivity index (χ2n) is 5.28. The van der Waals surface area contributed by atoms with E-state index in [-0.39, 0.29) is 17.4 Å². The summed E-state index contributed by atoms with van der Waals surface area (Å²) >= 11 is 0. The SMILES string of the molecule is CC1(C)C=Cc2nc(NC(=O)C3CC3)cn2N1. The monoisotopic (exact) mass is 232 g/mol. The molecule has 0 atom stereocenters. The number of amides is 1. The molecule has 5 nitrogen and oxygen atoms in total. The van der Waals surface area contributed by atoms with E-state index in [0.29, 0.717) is 5.82 Å². The number of fused-ring (bicyclic) bond motifs is 1. The van der Waals surface area contributed by atoms with E-state index in [1.807, 2.05) is 16.9 Å². The molecule has 3 rings (SSSR count). The fourth-order valence-electron chi connectivity index (χ4n) is 1.87. The van der Waals surface area contributed by atoms with E-state index in [9.17, 15) is 4.79 Å². The Morgan fingerprint density at radius 1 is 1.59 bits per heavy atom. The average Bonchev–Trinajstić information content (AvgIpc) is 3.00. The van der Waals surface area contributed by atoms with Crippen LogP contribution in [0.15, 0.2) is 12.3 Å². The van der Waals surface area contributed by atoms with Crippen LogP contribution in [0.1, 0.15) is 32.5 Å². The summed E-state index contributed by atoms with van der Waals surface area (Å²) in [6.45, 7) is 4.16. The Morgan fingerprint density at radius 3 is 3.06 bits per heavy atom. The van der Waals surface area contributed by atoms with Gasteiger partial charge in [0.05, 0.1) is 11.7 Å². The smallest absolute Gasteiger partial charge is 0.228 e. The van der Waals surface area contributed by atoms with E-state index >= 15 is 0 Å². The molecule has 1 aromatic rings. The van der Waals surface area contributed by atoms with Crippen LogP contribution in [0, 0.1) is 5.92 Å². The molecule has 0 spiro atoms. The van der Waals surface area contributed by atoms with Crippen molar-refractivity contribution in [2.24, 2.45) is 5.92 Å². The lowest BCUT2D eigenvalue weighted by Gasteiger charge is -2.27. The summed E-state index contributed by atoms with van der Waals surface area (Å²) in [4.78, 5) is 16.0. The molecule has 1 fully saturated rings. The Bertz CT molecular complexity index is 497. The molecule has 2 heterocycles. The Balaban J connectivity index is 1.78. The Hall–Kier alpha value is -1.78. The molecule has 0 bridgehead atoms. The number of nitrogens with one attached hydrogen (secondary N) is 2. The molecule has 1 saturated carbocycles. The van der Waals surface area contributed by atoms with Crippen LogP contribution in [0.5, 0.6) is 0 Å². The number of carbonyl (C=O) groups is 1. The standard InChI is InChI=1S/C12H16N4O/c1-12(2)6-5-10-13-9(7-16(10)15-12)14-11(17)8-3-4-8/h5-8,15H,3-4H2,1-2H3,(H,14,17). The Morgan fingerprint density at radius 2 is 2.35 bits per heavy atom. The molecule has 1 amide bonds. The molecule has 2 aliphatic rings. The second-order valence-corrected chi connectivity index (χ2v) is 5.28. The van der Waals surface area contributed by atoms with Gasteiger partial charge in [-0.15, -0.1) is 0 Å². The van der Waals surface area contributed by atoms with Gasteiger partial charge in [0, 0.05) is 5.92 Å². The normalized spacial score (nSPS) is 20.6. The van der Waals surface area contributed by atoms with Gasteiger partial charge < -0.3 is 10.7 Å². The molecule has 1 aliphatic carbocycles. The topological polar surface area (TPSA) is 59.0 Å². The van der Waals surface area contributed by atoms with Crippen molar-refractivity contribution in [2.45, 2.75) is 32.2 Å². The highest BCUT2D eigenvalue weighted by Gasteiger charge is 2.30. The molecule has 0 aromatic carbocycles. The molecule has 2 N–H and O–H groups in total. The van der Waals surface area contributed by atoms with Gasteiger partial charge in [0.15, 0.2) is 11.6 Å².